The van der Waals surface area contributed by atoms with Gasteiger partial charge >= 0.3 is 0 Å². The highest BCUT2D eigenvalue weighted by Gasteiger charge is 2.45. The standard InChI is InChI=1S/C36H49N3O6/c1-45-32-21-25(12-13-28(43)22-27(42)11-7-5-3-2-4-6-8-19-40)20-31(34(32)44)33-29-15-18-39-35(37)30(29)14-16-36(33,24-41)23-26-10-9-17-38-26/h9-10,14-17,20-21,33,38-41,44H,2-8,11-13,18-19,22-24,37H2,1H3. The van der Waals surface area contributed by atoms with Crippen molar-refractivity contribution in [2.24, 2.45) is 11.1 Å². The van der Waals surface area contributed by atoms with Crippen LogP contribution in [0.15, 0.2) is 65.7 Å². The number of ether oxygens (including phenoxy) is 1. The molecule has 2 heterocycles. The summed E-state index contributed by atoms with van der Waals surface area (Å²) in [6, 6.07) is 7.53. The molecule has 1 aliphatic carbocycles. The SMILES string of the molecule is COc1cc(CCC(=O)CC(=O)CCCCCCCCCO)cc(C2C3=CCNC(N)=C3C=CC2(CO)Cc2ccc[nH]2)c1O. The lowest BCUT2D eigenvalue weighted by molar-refractivity contribution is -0.127. The largest absolute Gasteiger partial charge is 0.504 e. The zero-order valence-electron chi connectivity index (χ0n) is 26.4. The molecule has 2 aromatic rings. The van der Waals surface area contributed by atoms with Gasteiger partial charge in [-0.05, 0) is 55.0 Å². The number of allylic oxidation sites excluding steroid dienone is 3. The van der Waals surface area contributed by atoms with E-state index in [-0.39, 0.29) is 49.1 Å². The number of rotatable bonds is 19. The van der Waals surface area contributed by atoms with Gasteiger partial charge in [0.2, 0.25) is 0 Å². The Labute approximate surface area is 266 Å². The first-order chi connectivity index (χ1) is 21.8. The molecule has 1 aromatic carbocycles. The highest BCUT2D eigenvalue weighted by atomic mass is 16.5. The molecule has 1 aromatic heterocycles. The van der Waals surface area contributed by atoms with E-state index in [1.54, 1.807) is 6.07 Å². The van der Waals surface area contributed by atoms with Gasteiger partial charge in [0, 0.05) is 60.4 Å². The molecular formula is C36H49N3O6. The van der Waals surface area contributed by atoms with Gasteiger partial charge in [0.1, 0.15) is 17.4 Å². The first-order valence-corrected chi connectivity index (χ1v) is 16.2. The number of phenolic OH excluding ortho intramolecular Hbond substituents is 1. The lowest BCUT2D eigenvalue weighted by atomic mass is 9.61. The van der Waals surface area contributed by atoms with Crippen LogP contribution in [0.3, 0.4) is 0 Å². The predicted octanol–water partition coefficient (Wildman–Crippen LogP) is 4.88. The third-order valence-electron chi connectivity index (χ3n) is 9.06. The Kier molecular flexibility index (Phi) is 12.5. The summed E-state index contributed by atoms with van der Waals surface area (Å²) in [7, 11) is 1.49. The van der Waals surface area contributed by atoms with Crippen LogP contribution in [0.5, 0.6) is 11.5 Å². The van der Waals surface area contributed by atoms with Crippen LogP contribution in [0, 0.1) is 5.41 Å². The average Bonchev–Trinajstić information content (AvgIpc) is 3.55. The van der Waals surface area contributed by atoms with Gasteiger partial charge in [-0.15, -0.1) is 0 Å². The number of carbonyl (C=O) groups is 2. The molecule has 2 atom stereocenters. The van der Waals surface area contributed by atoms with Gasteiger partial charge in [-0.2, -0.15) is 0 Å². The number of methoxy groups -OCH3 is 1. The molecule has 0 amide bonds. The van der Waals surface area contributed by atoms with E-state index in [2.05, 4.69) is 10.3 Å². The number of aromatic hydroxyl groups is 1. The summed E-state index contributed by atoms with van der Waals surface area (Å²) in [5.74, 6) is 0.233. The maximum absolute atomic E-state index is 12.8. The quantitative estimate of drug-likeness (QED) is 0.0960. The van der Waals surface area contributed by atoms with Crippen molar-refractivity contribution in [3.63, 3.8) is 0 Å². The van der Waals surface area contributed by atoms with E-state index in [0.717, 1.165) is 67.3 Å². The van der Waals surface area contributed by atoms with Crippen LogP contribution in [-0.4, -0.2) is 58.7 Å². The molecule has 0 saturated heterocycles. The normalized spacial score (nSPS) is 19.2. The molecule has 0 radical (unpaired) electrons. The van der Waals surface area contributed by atoms with E-state index in [4.69, 9.17) is 15.6 Å². The van der Waals surface area contributed by atoms with Crippen molar-refractivity contribution in [3.05, 3.63) is 82.5 Å². The summed E-state index contributed by atoms with van der Waals surface area (Å²) in [5, 5.41) is 34.5. The maximum Gasteiger partial charge on any atom is 0.161 e. The Balaban J connectivity index is 1.49. The smallest absolute Gasteiger partial charge is 0.161 e. The fourth-order valence-corrected chi connectivity index (χ4v) is 6.62. The minimum atomic E-state index is -0.791. The van der Waals surface area contributed by atoms with Crippen molar-refractivity contribution in [3.8, 4) is 11.5 Å². The number of nitrogens with one attached hydrogen (secondary N) is 2. The maximum atomic E-state index is 12.8. The van der Waals surface area contributed by atoms with Gasteiger partial charge in [0.15, 0.2) is 11.5 Å². The fraction of sp³-hybridized carbons (Fsp3) is 0.500. The van der Waals surface area contributed by atoms with Gasteiger partial charge in [-0.25, -0.2) is 0 Å². The minimum Gasteiger partial charge on any atom is -0.504 e. The molecule has 0 saturated carbocycles. The zero-order chi connectivity index (χ0) is 32.2. The molecule has 0 bridgehead atoms. The van der Waals surface area contributed by atoms with E-state index in [9.17, 15) is 19.8 Å². The minimum absolute atomic E-state index is 0.0156. The topological polar surface area (TPSA) is 158 Å². The lowest BCUT2D eigenvalue weighted by Crippen LogP contribution is -2.40. The van der Waals surface area contributed by atoms with Crippen molar-refractivity contribution in [1.29, 1.82) is 0 Å². The second kappa shape index (κ2) is 16.5. The number of aliphatic hydroxyl groups is 2. The van der Waals surface area contributed by atoms with Crippen LogP contribution in [0.2, 0.25) is 0 Å². The molecule has 2 unspecified atom stereocenters. The highest BCUT2D eigenvalue weighted by molar-refractivity contribution is 5.99. The van der Waals surface area contributed by atoms with E-state index >= 15 is 0 Å². The van der Waals surface area contributed by atoms with Crippen LogP contribution >= 0.6 is 0 Å². The summed E-state index contributed by atoms with van der Waals surface area (Å²) in [5.41, 5.74) is 9.64. The Morgan fingerprint density at radius 1 is 1.04 bits per heavy atom. The second-order valence-electron chi connectivity index (χ2n) is 12.3. The number of benzene rings is 1. The van der Waals surface area contributed by atoms with Crippen molar-refractivity contribution < 1.29 is 29.6 Å². The van der Waals surface area contributed by atoms with Crippen LogP contribution in [0.4, 0.5) is 0 Å². The first-order valence-electron chi connectivity index (χ1n) is 16.2. The van der Waals surface area contributed by atoms with E-state index in [1.807, 2.05) is 42.6 Å². The van der Waals surface area contributed by atoms with Gasteiger partial charge < -0.3 is 36.1 Å². The van der Waals surface area contributed by atoms with Gasteiger partial charge in [-0.3, -0.25) is 9.59 Å². The number of nitrogens with two attached hydrogens (primary N) is 1. The third-order valence-corrected chi connectivity index (χ3v) is 9.06. The Morgan fingerprint density at radius 3 is 2.47 bits per heavy atom. The predicted molar refractivity (Wildman–Crippen MR) is 175 cm³/mol. The van der Waals surface area contributed by atoms with Crippen molar-refractivity contribution in [1.82, 2.24) is 10.3 Å². The van der Waals surface area contributed by atoms with E-state index in [1.165, 1.54) is 7.11 Å². The number of H-pyrrole nitrogens is 1. The highest BCUT2D eigenvalue weighted by Crippen LogP contribution is 2.54. The monoisotopic (exact) mass is 619 g/mol. The number of ketones is 2. The van der Waals surface area contributed by atoms with Gasteiger partial charge in [0.05, 0.1) is 20.1 Å². The summed E-state index contributed by atoms with van der Waals surface area (Å²) in [4.78, 5) is 28.5. The zero-order valence-corrected chi connectivity index (χ0v) is 26.4. The van der Waals surface area contributed by atoms with Crippen molar-refractivity contribution in [2.75, 3.05) is 26.9 Å². The number of phenols is 1. The van der Waals surface area contributed by atoms with Crippen LogP contribution in [0.1, 0.15) is 86.9 Å². The average molecular weight is 620 g/mol. The first kappa shape index (κ1) is 34.1. The Hall–Kier alpha value is -3.82. The van der Waals surface area contributed by atoms with Gasteiger partial charge in [0.25, 0.3) is 0 Å². The molecule has 244 valence electrons. The molecule has 45 heavy (non-hydrogen) atoms. The Morgan fingerprint density at radius 2 is 1.78 bits per heavy atom. The Bertz CT molecular complexity index is 1390. The number of aryl methyl sites for hydroxylation is 1. The molecule has 9 heteroatoms. The molecule has 4 rings (SSSR count). The van der Waals surface area contributed by atoms with Crippen LogP contribution in [-0.2, 0) is 22.4 Å². The molecule has 2 aliphatic rings. The number of aromatic nitrogens is 1. The molecule has 0 fully saturated rings. The second-order valence-corrected chi connectivity index (χ2v) is 12.3. The molecule has 9 nitrogen and oxygen atoms in total. The molecule has 1 aliphatic heterocycles. The number of hydrogen-bond donors (Lipinski definition) is 6. The molecule has 7 N–H and O–H groups in total. The van der Waals surface area contributed by atoms with Crippen LogP contribution < -0.4 is 15.8 Å². The summed E-state index contributed by atoms with van der Waals surface area (Å²) >= 11 is 0. The van der Waals surface area contributed by atoms with Gasteiger partial charge in [-0.1, -0.05) is 56.4 Å². The van der Waals surface area contributed by atoms with E-state index in [0.29, 0.717) is 37.2 Å². The van der Waals surface area contributed by atoms with Crippen LogP contribution in [0.25, 0.3) is 0 Å². The number of carbonyl (C=O) groups excluding carboxylic acids is 2. The number of unbranched alkanes of at least 4 members (excludes halogenated alkanes) is 6. The lowest BCUT2D eigenvalue weighted by Gasteiger charge is -2.43. The molecular weight excluding hydrogens is 570 g/mol. The number of dihydropyridines is 1. The third kappa shape index (κ3) is 8.67. The van der Waals surface area contributed by atoms with E-state index < -0.39 is 11.3 Å². The summed E-state index contributed by atoms with van der Waals surface area (Å²) < 4.78 is 5.59. The molecule has 0 spiro atoms. The summed E-state index contributed by atoms with van der Waals surface area (Å²) in [6.07, 6.45) is 16.2. The number of fused-ring (bicyclic) bond motifs is 1. The summed E-state index contributed by atoms with van der Waals surface area (Å²) in [6.45, 7) is 0.580. The van der Waals surface area contributed by atoms with Crippen molar-refractivity contribution >= 4 is 11.6 Å². The number of Topliss-reactive ketones (excluding diaryl/α,β-unsaturated/α-hetero) is 2. The number of hydrogen-bond acceptors (Lipinski definition) is 8. The fourth-order valence-electron chi connectivity index (χ4n) is 6.62. The number of aliphatic hydroxyl groups excluding tert-OH is 2. The van der Waals surface area contributed by atoms with Crippen molar-refractivity contribution in [2.45, 2.75) is 83.0 Å². The number of aromatic amines is 1.